The van der Waals surface area contributed by atoms with Crippen LogP contribution < -0.4 is 16.0 Å². The fourth-order valence-corrected chi connectivity index (χ4v) is 2.49. The summed E-state index contributed by atoms with van der Waals surface area (Å²) in [5, 5.41) is 0.344. The molecule has 1 aliphatic carbocycles. The second-order valence-corrected chi connectivity index (χ2v) is 5.56. The number of halogens is 2. The lowest BCUT2D eigenvalue weighted by molar-refractivity contribution is 0.303. The Balaban J connectivity index is 1.84. The highest BCUT2D eigenvalue weighted by Crippen LogP contribution is 2.31. The molecule has 0 aromatic heterocycles. The minimum atomic E-state index is -0.368. The molecule has 0 heterocycles. The van der Waals surface area contributed by atoms with E-state index >= 15 is 0 Å². The molecule has 0 aliphatic heterocycles. The van der Waals surface area contributed by atoms with Gasteiger partial charge in [-0.1, -0.05) is 29.8 Å². The fraction of sp³-hybridized carbons (Fsp3) is 0.250. The van der Waals surface area contributed by atoms with Gasteiger partial charge in [-0.2, -0.15) is 0 Å². The number of hydrogen-bond donors (Lipinski definition) is 2. The van der Waals surface area contributed by atoms with E-state index < -0.39 is 0 Å². The van der Waals surface area contributed by atoms with Crippen LogP contribution in [0.4, 0.5) is 4.39 Å². The van der Waals surface area contributed by atoms with E-state index in [0.717, 1.165) is 29.7 Å². The molecule has 1 aliphatic rings. The van der Waals surface area contributed by atoms with Gasteiger partial charge in [0.1, 0.15) is 11.6 Å². The van der Waals surface area contributed by atoms with Gasteiger partial charge in [-0.05, 0) is 48.2 Å². The second kappa shape index (κ2) is 6.02. The van der Waals surface area contributed by atoms with Gasteiger partial charge in [0, 0.05) is 5.02 Å². The first-order valence-electron chi connectivity index (χ1n) is 6.85. The molecule has 0 spiro atoms. The van der Waals surface area contributed by atoms with E-state index in [0.29, 0.717) is 11.1 Å². The summed E-state index contributed by atoms with van der Waals surface area (Å²) in [7, 11) is 0. The standard InChI is InChI=1S/C16H16ClFN2O/c17-15-9-11(18)3-8-14(15)16(20-19)10-1-4-12(5-2-10)21-13-6-7-13/h1-5,8-9,13,16,20H,6-7,19H2. The number of rotatable bonds is 5. The first-order valence-corrected chi connectivity index (χ1v) is 7.23. The molecule has 1 saturated carbocycles. The Hall–Kier alpha value is -1.62. The number of hydrazine groups is 1. The fourth-order valence-electron chi connectivity index (χ4n) is 2.22. The topological polar surface area (TPSA) is 47.3 Å². The zero-order chi connectivity index (χ0) is 14.8. The van der Waals surface area contributed by atoms with Gasteiger partial charge in [-0.15, -0.1) is 0 Å². The molecule has 1 atom stereocenters. The highest BCUT2D eigenvalue weighted by atomic mass is 35.5. The van der Waals surface area contributed by atoms with Crippen LogP contribution in [0.1, 0.15) is 30.0 Å². The van der Waals surface area contributed by atoms with Crippen molar-refractivity contribution in [1.82, 2.24) is 5.43 Å². The van der Waals surface area contributed by atoms with E-state index in [4.69, 9.17) is 22.2 Å². The summed E-state index contributed by atoms with van der Waals surface area (Å²) < 4.78 is 18.9. The Bertz CT molecular complexity index is 629. The van der Waals surface area contributed by atoms with Crippen LogP contribution in [-0.4, -0.2) is 6.10 Å². The van der Waals surface area contributed by atoms with Crippen molar-refractivity contribution in [3.8, 4) is 5.75 Å². The molecule has 3 nitrogen and oxygen atoms in total. The third-order valence-corrected chi connectivity index (χ3v) is 3.81. The highest BCUT2D eigenvalue weighted by Gasteiger charge is 2.23. The van der Waals surface area contributed by atoms with Gasteiger partial charge in [0.2, 0.25) is 0 Å². The van der Waals surface area contributed by atoms with Crippen molar-refractivity contribution in [2.24, 2.45) is 5.84 Å². The van der Waals surface area contributed by atoms with Gasteiger partial charge in [0.25, 0.3) is 0 Å². The first kappa shape index (κ1) is 14.3. The minimum absolute atomic E-state index is 0.298. The van der Waals surface area contributed by atoms with E-state index in [-0.39, 0.29) is 11.9 Å². The zero-order valence-corrected chi connectivity index (χ0v) is 12.1. The molecule has 3 rings (SSSR count). The molecule has 1 fully saturated rings. The SMILES string of the molecule is NNC(c1ccc(OC2CC2)cc1)c1ccc(F)cc1Cl. The maximum absolute atomic E-state index is 13.1. The Morgan fingerprint density at radius 2 is 1.90 bits per heavy atom. The van der Waals surface area contributed by atoms with Crippen LogP contribution >= 0.6 is 11.6 Å². The van der Waals surface area contributed by atoms with Gasteiger partial charge in [0.05, 0.1) is 12.1 Å². The predicted molar refractivity (Wildman–Crippen MR) is 80.7 cm³/mol. The van der Waals surface area contributed by atoms with Crippen LogP contribution in [0.3, 0.4) is 0 Å². The van der Waals surface area contributed by atoms with Gasteiger partial charge in [0.15, 0.2) is 0 Å². The summed E-state index contributed by atoms with van der Waals surface area (Å²) in [6.45, 7) is 0. The molecule has 0 amide bonds. The average molecular weight is 307 g/mol. The second-order valence-electron chi connectivity index (χ2n) is 5.15. The Labute approximate surface area is 127 Å². The van der Waals surface area contributed by atoms with Crippen LogP contribution in [0.25, 0.3) is 0 Å². The quantitative estimate of drug-likeness (QED) is 0.656. The van der Waals surface area contributed by atoms with Crippen LogP contribution in [0.15, 0.2) is 42.5 Å². The lowest BCUT2D eigenvalue weighted by Gasteiger charge is -2.18. The number of nitrogens with one attached hydrogen (secondary N) is 1. The molecule has 21 heavy (non-hydrogen) atoms. The molecule has 0 radical (unpaired) electrons. The van der Waals surface area contributed by atoms with Crippen molar-refractivity contribution >= 4 is 11.6 Å². The van der Waals surface area contributed by atoms with Crippen molar-refractivity contribution < 1.29 is 9.13 Å². The van der Waals surface area contributed by atoms with Crippen molar-refractivity contribution in [2.75, 3.05) is 0 Å². The molecule has 2 aromatic carbocycles. The van der Waals surface area contributed by atoms with Crippen molar-refractivity contribution in [1.29, 1.82) is 0 Å². The Kier molecular flexibility index (Phi) is 4.10. The zero-order valence-electron chi connectivity index (χ0n) is 11.4. The van der Waals surface area contributed by atoms with Gasteiger partial charge in [-0.3, -0.25) is 5.84 Å². The van der Waals surface area contributed by atoms with E-state index in [1.54, 1.807) is 6.07 Å². The number of hydrogen-bond acceptors (Lipinski definition) is 3. The monoisotopic (exact) mass is 306 g/mol. The number of nitrogens with two attached hydrogens (primary N) is 1. The molecule has 2 aromatic rings. The van der Waals surface area contributed by atoms with Gasteiger partial charge in [-0.25, -0.2) is 9.82 Å². The molecule has 1 unspecified atom stereocenters. The summed E-state index contributed by atoms with van der Waals surface area (Å²) in [5.41, 5.74) is 4.39. The number of ether oxygens (including phenoxy) is 1. The minimum Gasteiger partial charge on any atom is -0.490 e. The van der Waals surface area contributed by atoms with Crippen LogP contribution in [0.2, 0.25) is 5.02 Å². The smallest absolute Gasteiger partial charge is 0.124 e. The molecule has 0 saturated heterocycles. The first-order chi connectivity index (χ1) is 10.2. The van der Waals surface area contributed by atoms with Gasteiger partial charge >= 0.3 is 0 Å². The summed E-state index contributed by atoms with van der Waals surface area (Å²) >= 11 is 6.10. The molecule has 5 heteroatoms. The lowest BCUT2D eigenvalue weighted by atomic mass is 9.99. The van der Waals surface area contributed by atoms with Crippen LogP contribution in [0.5, 0.6) is 5.75 Å². The van der Waals surface area contributed by atoms with E-state index in [1.807, 2.05) is 24.3 Å². The summed E-state index contributed by atoms with van der Waals surface area (Å²) in [4.78, 5) is 0. The molecule has 0 bridgehead atoms. The summed E-state index contributed by atoms with van der Waals surface area (Å²) in [5.74, 6) is 6.12. The summed E-state index contributed by atoms with van der Waals surface area (Å²) in [6.07, 6.45) is 2.62. The Morgan fingerprint density at radius 1 is 1.19 bits per heavy atom. The molecule has 110 valence electrons. The Morgan fingerprint density at radius 3 is 2.48 bits per heavy atom. The van der Waals surface area contributed by atoms with Crippen molar-refractivity contribution in [2.45, 2.75) is 25.0 Å². The van der Waals surface area contributed by atoms with E-state index in [1.165, 1.54) is 12.1 Å². The van der Waals surface area contributed by atoms with Crippen molar-refractivity contribution in [3.63, 3.8) is 0 Å². The third kappa shape index (κ3) is 3.35. The average Bonchev–Trinajstić information content (AvgIpc) is 3.27. The predicted octanol–water partition coefficient (Wildman–Crippen LogP) is 3.57. The molecule has 3 N–H and O–H groups in total. The van der Waals surface area contributed by atoms with Crippen LogP contribution in [0, 0.1) is 5.82 Å². The maximum Gasteiger partial charge on any atom is 0.124 e. The highest BCUT2D eigenvalue weighted by molar-refractivity contribution is 6.31. The van der Waals surface area contributed by atoms with Gasteiger partial charge < -0.3 is 4.74 Å². The maximum atomic E-state index is 13.1. The van der Waals surface area contributed by atoms with E-state index in [2.05, 4.69) is 5.43 Å². The number of benzene rings is 2. The van der Waals surface area contributed by atoms with Crippen molar-refractivity contribution in [3.05, 3.63) is 64.4 Å². The molecular weight excluding hydrogens is 291 g/mol. The molecular formula is C16H16ClFN2O. The normalized spacial score (nSPS) is 15.8. The van der Waals surface area contributed by atoms with Crippen LogP contribution in [-0.2, 0) is 0 Å². The lowest BCUT2D eigenvalue weighted by Crippen LogP contribution is -2.29. The largest absolute Gasteiger partial charge is 0.490 e. The van der Waals surface area contributed by atoms with E-state index in [9.17, 15) is 4.39 Å². The summed E-state index contributed by atoms with van der Waals surface area (Å²) in [6, 6.07) is 11.7. The third-order valence-electron chi connectivity index (χ3n) is 3.48.